The van der Waals surface area contributed by atoms with E-state index in [1.54, 1.807) is 36.2 Å². The molecule has 2 amide bonds. The highest BCUT2D eigenvalue weighted by molar-refractivity contribution is 7.15. The molecule has 0 radical (unpaired) electrons. The number of aromatic nitrogens is 1. The molecule has 2 heterocycles. The van der Waals surface area contributed by atoms with Crippen LogP contribution in [-0.4, -0.2) is 53.3 Å². The van der Waals surface area contributed by atoms with Gasteiger partial charge in [-0.3, -0.25) is 14.9 Å². The fourth-order valence-electron chi connectivity index (χ4n) is 6.62. The zero-order chi connectivity index (χ0) is 26.5. The maximum atomic E-state index is 13.0. The summed E-state index contributed by atoms with van der Waals surface area (Å²) in [6.07, 6.45) is 3.65. The fraction of sp³-hybridized carbons (Fsp3) is 0.536. The molecule has 0 bridgehead atoms. The molecule has 1 saturated carbocycles. The van der Waals surface area contributed by atoms with Crippen molar-refractivity contribution in [2.45, 2.75) is 52.1 Å². The summed E-state index contributed by atoms with van der Waals surface area (Å²) in [4.78, 5) is 33.6. The van der Waals surface area contributed by atoms with Crippen LogP contribution < -0.4 is 14.8 Å². The van der Waals surface area contributed by atoms with Crippen molar-refractivity contribution in [3.8, 4) is 11.5 Å². The van der Waals surface area contributed by atoms with Gasteiger partial charge in [-0.1, -0.05) is 26.8 Å². The van der Waals surface area contributed by atoms with Gasteiger partial charge in [-0.25, -0.2) is 4.98 Å². The van der Waals surface area contributed by atoms with Gasteiger partial charge < -0.3 is 19.5 Å². The molecule has 1 aromatic carbocycles. The standard InChI is InChI=1S/C28H35N3O5S/c1-6-11-31(5)26(34)15(2)18-9-10-28(4)13-21-23(16(3)22(28)24(18)32)29-27(37-21)30-25(33)17-7-8-19-20(12-17)36-14-35-19/h6-8,12,15-16,18,22,24,32H,1,9-11,13-14H2,2-5H3,(H,29,30,33)/t15-,16-,18-,22+,24-,28-/m0/s1. The van der Waals surface area contributed by atoms with Crippen molar-refractivity contribution in [1.82, 2.24) is 9.88 Å². The molecule has 3 aliphatic rings. The minimum atomic E-state index is -0.605. The topological polar surface area (TPSA) is 101 Å². The molecule has 0 unspecified atom stereocenters. The lowest BCUT2D eigenvalue weighted by Crippen LogP contribution is -2.53. The van der Waals surface area contributed by atoms with E-state index in [9.17, 15) is 14.7 Å². The Morgan fingerprint density at radius 1 is 1.38 bits per heavy atom. The van der Waals surface area contributed by atoms with Crippen LogP contribution in [0.5, 0.6) is 11.5 Å². The van der Waals surface area contributed by atoms with E-state index in [-0.39, 0.29) is 47.7 Å². The number of aliphatic hydroxyl groups is 1. The van der Waals surface area contributed by atoms with Crippen LogP contribution >= 0.6 is 11.3 Å². The fourth-order valence-corrected chi connectivity index (χ4v) is 7.88. The Kier molecular flexibility index (Phi) is 6.79. The van der Waals surface area contributed by atoms with Gasteiger partial charge in [0.05, 0.1) is 11.8 Å². The van der Waals surface area contributed by atoms with Crippen LogP contribution in [0, 0.1) is 23.2 Å². The van der Waals surface area contributed by atoms with E-state index < -0.39 is 6.10 Å². The minimum Gasteiger partial charge on any atom is -0.454 e. The minimum absolute atomic E-state index is 0.00667. The van der Waals surface area contributed by atoms with Crippen LogP contribution in [0.15, 0.2) is 30.9 Å². The van der Waals surface area contributed by atoms with Gasteiger partial charge in [-0.05, 0) is 54.7 Å². The van der Waals surface area contributed by atoms with Gasteiger partial charge in [0.1, 0.15) is 0 Å². The molecular formula is C28H35N3O5S. The summed E-state index contributed by atoms with van der Waals surface area (Å²) >= 11 is 1.51. The van der Waals surface area contributed by atoms with Gasteiger partial charge >= 0.3 is 0 Å². The monoisotopic (exact) mass is 525 g/mol. The van der Waals surface area contributed by atoms with Crippen LogP contribution in [0.1, 0.15) is 60.5 Å². The Labute approximate surface area is 221 Å². The van der Waals surface area contributed by atoms with Crippen LogP contribution in [0.3, 0.4) is 0 Å². The number of hydrogen-bond donors (Lipinski definition) is 2. The van der Waals surface area contributed by atoms with Gasteiger partial charge in [0.15, 0.2) is 16.6 Å². The molecule has 37 heavy (non-hydrogen) atoms. The Hall–Kier alpha value is -2.91. The number of ether oxygens (including phenoxy) is 2. The molecule has 0 saturated heterocycles. The molecule has 9 heteroatoms. The first kappa shape index (κ1) is 25.7. The van der Waals surface area contributed by atoms with Crippen molar-refractivity contribution < 1.29 is 24.2 Å². The first-order valence-corrected chi connectivity index (χ1v) is 13.7. The summed E-state index contributed by atoms with van der Waals surface area (Å²) in [6.45, 7) is 10.7. The third-order valence-electron chi connectivity index (χ3n) is 8.59. The highest BCUT2D eigenvalue weighted by Gasteiger charge is 2.54. The molecule has 2 aromatic rings. The van der Waals surface area contributed by atoms with Gasteiger partial charge in [0.2, 0.25) is 12.7 Å². The molecule has 5 rings (SSSR count). The number of anilines is 1. The lowest BCUT2D eigenvalue weighted by atomic mass is 9.53. The number of carbonyl (C=O) groups is 2. The van der Waals surface area contributed by atoms with E-state index >= 15 is 0 Å². The number of rotatable bonds is 6. The zero-order valence-electron chi connectivity index (χ0n) is 21.8. The molecule has 0 spiro atoms. The smallest absolute Gasteiger partial charge is 0.257 e. The number of amides is 2. The van der Waals surface area contributed by atoms with Gasteiger partial charge in [0, 0.05) is 35.9 Å². The average molecular weight is 526 g/mol. The van der Waals surface area contributed by atoms with Crippen molar-refractivity contribution in [2.75, 3.05) is 25.7 Å². The highest BCUT2D eigenvalue weighted by atomic mass is 32.1. The maximum Gasteiger partial charge on any atom is 0.257 e. The van der Waals surface area contributed by atoms with Crippen LogP contribution in [-0.2, 0) is 11.2 Å². The first-order valence-electron chi connectivity index (χ1n) is 12.9. The lowest BCUT2D eigenvalue weighted by Gasteiger charge is -2.53. The van der Waals surface area contributed by atoms with E-state index in [4.69, 9.17) is 14.5 Å². The second kappa shape index (κ2) is 9.76. The molecule has 6 atom stereocenters. The van der Waals surface area contributed by atoms with Gasteiger partial charge in [-0.2, -0.15) is 0 Å². The highest BCUT2D eigenvalue weighted by Crippen LogP contribution is 2.57. The molecule has 2 N–H and O–H groups in total. The molecule has 1 fully saturated rings. The Balaban J connectivity index is 1.34. The second-order valence-electron chi connectivity index (χ2n) is 11.0. The van der Waals surface area contributed by atoms with E-state index in [0.717, 1.165) is 29.8 Å². The zero-order valence-corrected chi connectivity index (χ0v) is 22.6. The number of nitrogens with one attached hydrogen (secondary N) is 1. The third-order valence-corrected chi connectivity index (χ3v) is 9.57. The van der Waals surface area contributed by atoms with Crippen LogP contribution in [0.4, 0.5) is 5.13 Å². The van der Waals surface area contributed by atoms with Crippen molar-refractivity contribution in [1.29, 1.82) is 0 Å². The van der Waals surface area contributed by atoms with Crippen molar-refractivity contribution >= 4 is 28.3 Å². The molecule has 2 aliphatic carbocycles. The number of carbonyl (C=O) groups excluding carboxylic acids is 2. The van der Waals surface area contributed by atoms with E-state index in [1.807, 2.05) is 6.92 Å². The lowest BCUT2D eigenvalue weighted by molar-refractivity contribution is -0.143. The Morgan fingerprint density at radius 3 is 2.89 bits per heavy atom. The summed E-state index contributed by atoms with van der Waals surface area (Å²) in [5.41, 5.74) is 1.32. The number of thiazole rings is 1. The number of likely N-dealkylation sites (N-methyl/N-ethyl adjacent to an activating group) is 1. The summed E-state index contributed by atoms with van der Waals surface area (Å²) in [5, 5.41) is 15.1. The Morgan fingerprint density at radius 2 is 2.14 bits per heavy atom. The predicted octanol–water partition coefficient (Wildman–Crippen LogP) is 4.46. The van der Waals surface area contributed by atoms with Gasteiger partial charge in [0.25, 0.3) is 5.91 Å². The average Bonchev–Trinajstić information content (AvgIpc) is 3.49. The largest absolute Gasteiger partial charge is 0.454 e. The number of hydrogen-bond acceptors (Lipinski definition) is 7. The van der Waals surface area contributed by atoms with Crippen molar-refractivity contribution in [2.24, 2.45) is 23.2 Å². The van der Waals surface area contributed by atoms with Gasteiger partial charge in [-0.15, -0.1) is 17.9 Å². The predicted molar refractivity (Wildman–Crippen MR) is 142 cm³/mol. The summed E-state index contributed by atoms with van der Waals surface area (Å²) in [5.74, 6) is 0.589. The molecular weight excluding hydrogens is 490 g/mol. The summed E-state index contributed by atoms with van der Waals surface area (Å²) in [6, 6.07) is 5.12. The quantitative estimate of drug-likeness (QED) is 0.540. The van der Waals surface area contributed by atoms with E-state index in [0.29, 0.717) is 28.7 Å². The summed E-state index contributed by atoms with van der Waals surface area (Å²) in [7, 11) is 1.78. The van der Waals surface area contributed by atoms with Crippen molar-refractivity contribution in [3.63, 3.8) is 0 Å². The van der Waals surface area contributed by atoms with E-state index in [2.05, 4.69) is 25.7 Å². The molecule has 198 valence electrons. The van der Waals surface area contributed by atoms with E-state index in [1.165, 1.54) is 11.3 Å². The Bertz CT molecular complexity index is 1230. The number of aliphatic hydroxyl groups excluding tert-OH is 1. The molecule has 8 nitrogen and oxygen atoms in total. The second-order valence-corrected chi connectivity index (χ2v) is 12.1. The SMILES string of the molecule is C=CCN(C)C(=O)[C@@H](C)[C@@H]1CC[C@@]2(C)Cc3sc(NC(=O)c4ccc5c(c4)OCO5)nc3[C@@H](C)[C@@H]2[C@H]1O. The first-order chi connectivity index (χ1) is 17.6. The summed E-state index contributed by atoms with van der Waals surface area (Å²) < 4.78 is 10.7. The van der Waals surface area contributed by atoms with Crippen LogP contribution in [0.2, 0.25) is 0 Å². The van der Waals surface area contributed by atoms with Crippen molar-refractivity contribution in [3.05, 3.63) is 47.0 Å². The number of benzene rings is 1. The molecule has 1 aliphatic heterocycles. The normalized spacial score (nSPS) is 28.6. The number of fused-ring (bicyclic) bond motifs is 3. The molecule has 1 aromatic heterocycles. The third kappa shape index (κ3) is 4.52. The van der Waals surface area contributed by atoms with Crippen LogP contribution in [0.25, 0.3) is 0 Å². The number of nitrogens with zero attached hydrogens (tertiary/aromatic N) is 2. The maximum absolute atomic E-state index is 13.0.